The summed E-state index contributed by atoms with van der Waals surface area (Å²) in [7, 11) is 0. The van der Waals surface area contributed by atoms with Gasteiger partial charge in [0, 0.05) is 12.1 Å². The van der Waals surface area contributed by atoms with Gasteiger partial charge >= 0.3 is 12.4 Å². The zero-order valence-electron chi connectivity index (χ0n) is 9.75. The molecule has 0 saturated carbocycles. The first kappa shape index (κ1) is 16.5. The monoisotopic (exact) mass is 314 g/mol. The van der Waals surface area contributed by atoms with Gasteiger partial charge < -0.3 is 4.74 Å². The van der Waals surface area contributed by atoms with E-state index >= 15 is 0 Å². The van der Waals surface area contributed by atoms with E-state index in [0.717, 1.165) is 0 Å². The van der Waals surface area contributed by atoms with E-state index in [4.69, 9.17) is 5.26 Å². The summed E-state index contributed by atoms with van der Waals surface area (Å²) in [4.78, 5) is 9.31. The van der Waals surface area contributed by atoms with Crippen LogP contribution in [-0.2, 0) is 6.18 Å². The molecule has 1 rings (SSSR count). The molecule has 5 nitrogen and oxygen atoms in total. The maximum Gasteiger partial charge on any atom is 0.422 e. The predicted molar refractivity (Wildman–Crippen MR) is 54.4 cm³/mol. The molecule has 0 amide bonds. The lowest BCUT2D eigenvalue weighted by Gasteiger charge is -2.15. The fraction of sp³-hybridized carbons (Fsp3) is 0.300. The van der Waals surface area contributed by atoms with Crippen molar-refractivity contribution < 1.29 is 36.0 Å². The van der Waals surface area contributed by atoms with Gasteiger partial charge in [-0.25, -0.2) is 0 Å². The Bertz CT molecular complexity index is 603. The van der Waals surface area contributed by atoms with Gasteiger partial charge in [-0.2, -0.15) is 31.6 Å². The standard InChI is InChI=1S/C10H4F6N2O3/c11-9(12,13)4-21-8-1-5(3-17)7(18(19)20)2-6(8)10(14,15)16/h1-2H,4H2. The molecule has 0 unspecified atom stereocenters. The highest BCUT2D eigenvalue weighted by atomic mass is 19.4. The summed E-state index contributed by atoms with van der Waals surface area (Å²) in [5, 5.41) is 19.2. The SMILES string of the molecule is N#Cc1cc(OCC(F)(F)F)c(C(F)(F)F)cc1[N+](=O)[O-]. The fourth-order valence-corrected chi connectivity index (χ4v) is 1.31. The second-order valence-corrected chi connectivity index (χ2v) is 3.64. The van der Waals surface area contributed by atoms with Crippen molar-refractivity contribution >= 4 is 5.69 Å². The lowest BCUT2D eigenvalue weighted by molar-refractivity contribution is -0.385. The molecule has 0 aromatic heterocycles. The highest BCUT2D eigenvalue weighted by Crippen LogP contribution is 2.40. The number of hydrogen-bond donors (Lipinski definition) is 0. The quantitative estimate of drug-likeness (QED) is 0.486. The van der Waals surface area contributed by atoms with Crippen LogP contribution in [0.5, 0.6) is 5.75 Å². The maximum atomic E-state index is 12.7. The highest BCUT2D eigenvalue weighted by molar-refractivity contribution is 5.56. The molecule has 0 aliphatic carbocycles. The molecule has 0 spiro atoms. The molecule has 11 heteroatoms. The van der Waals surface area contributed by atoms with Gasteiger partial charge in [0.25, 0.3) is 5.69 Å². The van der Waals surface area contributed by atoms with Gasteiger partial charge in [0.05, 0.1) is 4.92 Å². The molecule has 0 heterocycles. The molecule has 114 valence electrons. The van der Waals surface area contributed by atoms with E-state index in [1.54, 1.807) is 0 Å². The molecule has 1 aromatic rings. The van der Waals surface area contributed by atoms with Crippen molar-refractivity contribution in [2.24, 2.45) is 0 Å². The number of nitro groups is 1. The first-order valence-electron chi connectivity index (χ1n) is 4.95. The zero-order valence-corrected chi connectivity index (χ0v) is 9.75. The molecule has 0 aliphatic heterocycles. The van der Waals surface area contributed by atoms with E-state index in [1.807, 2.05) is 0 Å². The molecule has 0 radical (unpaired) electrons. The average Bonchev–Trinajstić information content (AvgIpc) is 2.32. The second kappa shape index (κ2) is 5.47. The van der Waals surface area contributed by atoms with Crippen LogP contribution in [0.2, 0.25) is 0 Å². The smallest absolute Gasteiger partial charge is 0.422 e. The van der Waals surface area contributed by atoms with Gasteiger partial charge in [0.1, 0.15) is 22.9 Å². The third kappa shape index (κ3) is 4.23. The molecule has 0 saturated heterocycles. The first-order chi connectivity index (χ1) is 9.45. The van der Waals surface area contributed by atoms with Gasteiger partial charge in [0.2, 0.25) is 0 Å². The van der Waals surface area contributed by atoms with Crippen LogP contribution in [0.3, 0.4) is 0 Å². The molecule has 0 N–H and O–H groups in total. The van der Waals surface area contributed by atoms with Gasteiger partial charge in [-0.15, -0.1) is 0 Å². The molecule has 21 heavy (non-hydrogen) atoms. The number of nitriles is 1. The largest absolute Gasteiger partial charge is 0.483 e. The molecule has 0 aliphatic rings. The number of nitro benzene ring substituents is 1. The zero-order chi connectivity index (χ0) is 16.4. The van der Waals surface area contributed by atoms with Crippen LogP contribution < -0.4 is 4.74 Å². The van der Waals surface area contributed by atoms with E-state index in [9.17, 15) is 36.5 Å². The summed E-state index contributed by atoms with van der Waals surface area (Å²) < 4.78 is 78.0. The second-order valence-electron chi connectivity index (χ2n) is 3.64. The minimum Gasteiger partial charge on any atom is -0.483 e. The molecule has 0 atom stereocenters. The Kier molecular flexibility index (Phi) is 4.31. The number of hydrogen-bond acceptors (Lipinski definition) is 4. The molecule has 1 aromatic carbocycles. The van der Waals surface area contributed by atoms with Crippen LogP contribution in [0, 0.1) is 21.4 Å². The average molecular weight is 314 g/mol. The Labute approximate surface area is 112 Å². The van der Waals surface area contributed by atoms with Crippen LogP contribution in [0.1, 0.15) is 11.1 Å². The Balaban J connectivity index is 3.41. The van der Waals surface area contributed by atoms with Crippen molar-refractivity contribution in [1.82, 2.24) is 0 Å². The molecule has 0 fully saturated rings. The summed E-state index contributed by atoms with van der Waals surface area (Å²) in [6, 6.07) is 1.44. The minimum absolute atomic E-state index is 0.0374. The summed E-state index contributed by atoms with van der Waals surface area (Å²) >= 11 is 0. The molecular formula is C10H4F6N2O3. The third-order valence-electron chi connectivity index (χ3n) is 2.11. The lowest BCUT2D eigenvalue weighted by atomic mass is 10.1. The first-order valence-corrected chi connectivity index (χ1v) is 4.95. The summed E-state index contributed by atoms with van der Waals surface area (Å²) in [5.74, 6) is -1.30. The van der Waals surface area contributed by atoms with Gasteiger partial charge in [-0.05, 0) is 0 Å². The van der Waals surface area contributed by atoms with Gasteiger partial charge in [0.15, 0.2) is 6.61 Å². The summed E-state index contributed by atoms with van der Waals surface area (Å²) in [6.45, 7) is -2.03. The highest BCUT2D eigenvalue weighted by Gasteiger charge is 2.38. The number of halogens is 6. The summed E-state index contributed by atoms with van der Waals surface area (Å²) in [5.41, 5.74) is -3.79. The third-order valence-corrected chi connectivity index (χ3v) is 2.11. The van der Waals surface area contributed by atoms with Crippen molar-refractivity contribution in [1.29, 1.82) is 5.26 Å². The Morgan fingerprint density at radius 3 is 2.19 bits per heavy atom. The van der Waals surface area contributed by atoms with Crippen molar-refractivity contribution in [3.63, 3.8) is 0 Å². The van der Waals surface area contributed by atoms with Crippen LogP contribution in [0.4, 0.5) is 32.0 Å². The number of nitrogens with zero attached hydrogens (tertiary/aromatic N) is 2. The Hall–Kier alpha value is -2.51. The number of benzene rings is 1. The maximum absolute atomic E-state index is 12.7. The van der Waals surface area contributed by atoms with Crippen molar-refractivity contribution in [2.45, 2.75) is 12.4 Å². The van der Waals surface area contributed by atoms with Gasteiger partial charge in [-0.3, -0.25) is 10.1 Å². The Morgan fingerprint density at radius 1 is 1.24 bits per heavy atom. The van der Waals surface area contributed by atoms with Crippen LogP contribution in [0.25, 0.3) is 0 Å². The van der Waals surface area contributed by atoms with E-state index in [1.165, 1.54) is 6.07 Å². The van der Waals surface area contributed by atoms with Crippen LogP contribution in [0.15, 0.2) is 12.1 Å². The number of rotatable bonds is 3. The van der Waals surface area contributed by atoms with Crippen molar-refractivity contribution in [3.05, 3.63) is 33.4 Å². The van der Waals surface area contributed by atoms with Crippen molar-refractivity contribution in [3.8, 4) is 11.8 Å². The molecular weight excluding hydrogens is 310 g/mol. The van der Waals surface area contributed by atoms with Crippen LogP contribution in [-0.4, -0.2) is 17.7 Å². The van der Waals surface area contributed by atoms with Crippen LogP contribution >= 0.6 is 0 Å². The van der Waals surface area contributed by atoms with E-state index in [-0.39, 0.29) is 12.1 Å². The van der Waals surface area contributed by atoms with Gasteiger partial charge in [-0.1, -0.05) is 0 Å². The minimum atomic E-state index is -5.18. The van der Waals surface area contributed by atoms with E-state index in [0.29, 0.717) is 0 Å². The topological polar surface area (TPSA) is 76.2 Å². The van der Waals surface area contributed by atoms with E-state index in [2.05, 4.69) is 4.74 Å². The fourth-order valence-electron chi connectivity index (χ4n) is 1.31. The number of ether oxygens (including phenoxy) is 1. The Morgan fingerprint density at radius 2 is 1.81 bits per heavy atom. The summed E-state index contributed by atoms with van der Waals surface area (Å²) in [6.07, 6.45) is -10.1. The van der Waals surface area contributed by atoms with E-state index < -0.39 is 46.4 Å². The molecule has 0 bridgehead atoms. The van der Waals surface area contributed by atoms with Crippen molar-refractivity contribution in [2.75, 3.05) is 6.61 Å². The lowest BCUT2D eigenvalue weighted by Crippen LogP contribution is -2.21. The number of alkyl halides is 6. The predicted octanol–water partition coefficient (Wildman–Crippen LogP) is 3.43. The normalized spacial score (nSPS) is 11.9.